The van der Waals surface area contributed by atoms with Crippen LogP contribution in [-0.4, -0.2) is 8.42 Å². The molecule has 2 aromatic rings. The number of nitrogens with two attached hydrogens (primary N) is 1. The minimum Gasteiger partial charge on any atom is -0.397 e. The van der Waals surface area contributed by atoms with E-state index in [1.807, 2.05) is 0 Å². The predicted octanol–water partition coefficient (Wildman–Crippen LogP) is 2.38. The van der Waals surface area contributed by atoms with Crippen LogP contribution in [0, 0.1) is 6.92 Å². The van der Waals surface area contributed by atoms with E-state index in [0.717, 1.165) is 0 Å². The lowest BCUT2D eigenvalue weighted by molar-refractivity contribution is 0.600. The Morgan fingerprint density at radius 2 is 1.61 bits per heavy atom. The van der Waals surface area contributed by atoms with E-state index in [1.54, 1.807) is 55.5 Å². The molecule has 5 heteroatoms. The SMILES string of the molecule is Cc1ccccc1S(=O)(=O)Nc1ccccc1N. The zero-order chi connectivity index (χ0) is 13.2. The van der Waals surface area contributed by atoms with Crippen molar-refractivity contribution in [2.45, 2.75) is 11.8 Å². The Kier molecular flexibility index (Phi) is 3.25. The first-order valence-electron chi connectivity index (χ1n) is 5.43. The molecule has 0 bridgehead atoms. The smallest absolute Gasteiger partial charge is 0.262 e. The highest BCUT2D eigenvalue weighted by molar-refractivity contribution is 7.92. The van der Waals surface area contributed by atoms with Gasteiger partial charge in [0.25, 0.3) is 10.0 Å². The molecule has 0 unspecified atom stereocenters. The minimum atomic E-state index is -3.60. The molecule has 0 amide bonds. The monoisotopic (exact) mass is 262 g/mol. The Morgan fingerprint density at radius 1 is 1.00 bits per heavy atom. The molecular formula is C13H14N2O2S. The van der Waals surface area contributed by atoms with Crippen molar-refractivity contribution in [2.75, 3.05) is 10.5 Å². The molecule has 18 heavy (non-hydrogen) atoms. The predicted molar refractivity (Wildman–Crippen MR) is 72.8 cm³/mol. The maximum atomic E-state index is 12.2. The zero-order valence-corrected chi connectivity index (χ0v) is 10.7. The van der Waals surface area contributed by atoms with Gasteiger partial charge in [0.05, 0.1) is 16.3 Å². The maximum Gasteiger partial charge on any atom is 0.262 e. The minimum absolute atomic E-state index is 0.258. The van der Waals surface area contributed by atoms with Crippen LogP contribution in [0.1, 0.15) is 5.56 Å². The number of para-hydroxylation sites is 2. The van der Waals surface area contributed by atoms with E-state index in [0.29, 0.717) is 16.9 Å². The van der Waals surface area contributed by atoms with Gasteiger partial charge in [-0.25, -0.2) is 8.42 Å². The maximum absolute atomic E-state index is 12.2. The first-order chi connectivity index (χ1) is 8.50. The van der Waals surface area contributed by atoms with Gasteiger partial charge >= 0.3 is 0 Å². The molecule has 0 aromatic heterocycles. The van der Waals surface area contributed by atoms with Crippen molar-refractivity contribution in [2.24, 2.45) is 0 Å². The second-order valence-electron chi connectivity index (χ2n) is 3.96. The molecule has 0 aliphatic rings. The van der Waals surface area contributed by atoms with E-state index < -0.39 is 10.0 Å². The molecule has 0 spiro atoms. The molecule has 3 N–H and O–H groups in total. The van der Waals surface area contributed by atoms with Gasteiger partial charge in [0.15, 0.2) is 0 Å². The lowest BCUT2D eigenvalue weighted by atomic mass is 10.2. The molecule has 0 atom stereocenters. The van der Waals surface area contributed by atoms with E-state index in [1.165, 1.54) is 0 Å². The van der Waals surface area contributed by atoms with Gasteiger partial charge in [0, 0.05) is 0 Å². The highest BCUT2D eigenvalue weighted by atomic mass is 32.2. The van der Waals surface area contributed by atoms with Crippen LogP contribution in [0.4, 0.5) is 11.4 Å². The molecule has 0 aliphatic carbocycles. The third kappa shape index (κ3) is 2.46. The van der Waals surface area contributed by atoms with Gasteiger partial charge < -0.3 is 5.73 Å². The zero-order valence-electron chi connectivity index (χ0n) is 9.92. The van der Waals surface area contributed by atoms with Crippen LogP contribution >= 0.6 is 0 Å². The normalized spacial score (nSPS) is 11.2. The van der Waals surface area contributed by atoms with Crippen molar-refractivity contribution in [1.29, 1.82) is 0 Å². The Balaban J connectivity index is 2.40. The molecule has 0 radical (unpaired) electrons. The fourth-order valence-corrected chi connectivity index (χ4v) is 2.98. The second-order valence-corrected chi connectivity index (χ2v) is 5.61. The first-order valence-corrected chi connectivity index (χ1v) is 6.92. The van der Waals surface area contributed by atoms with Gasteiger partial charge in [0.1, 0.15) is 0 Å². The summed E-state index contributed by atoms with van der Waals surface area (Å²) in [7, 11) is -3.60. The van der Waals surface area contributed by atoms with E-state index in [-0.39, 0.29) is 4.90 Å². The van der Waals surface area contributed by atoms with Crippen molar-refractivity contribution >= 4 is 21.4 Å². The topological polar surface area (TPSA) is 72.2 Å². The quantitative estimate of drug-likeness (QED) is 0.834. The Labute approximate surface area is 107 Å². The van der Waals surface area contributed by atoms with Crippen LogP contribution in [0.5, 0.6) is 0 Å². The first kappa shape index (κ1) is 12.4. The summed E-state index contributed by atoms with van der Waals surface area (Å²) in [6.45, 7) is 1.75. The number of hydrogen-bond donors (Lipinski definition) is 2. The molecular weight excluding hydrogens is 248 g/mol. The standard InChI is InChI=1S/C13H14N2O2S/c1-10-6-2-5-9-13(10)18(16,17)15-12-8-4-3-7-11(12)14/h2-9,15H,14H2,1H3. The van der Waals surface area contributed by atoms with Gasteiger partial charge in [-0.15, -0.1) is 0 Å². The summed E-state index contributed by atoms with van der Waals surface area (Å²) in [5.74, 6) is 0. The van der Waals surface area contributed by atoms with E-state index in [9.17, 15) is 8.42 Å². The van der Waals surface area contributed by atoms with Crippen LogP contribution in [0.25, 0.3) is 0 Å². The molecule has 0 fully saturated rings. The summed E-state index contributed by atoms with van der Waals surface area (Å²) < 4.78 is 26.9. The van der Waals surface area contributed by atoms with Gasteiger partial charge in [-0.2, -0.15) is 0 Å². The highest BCUT2D eigenvalue weighted by Crippen LogP contribution is 2.22. The molecule has 94 valence electrons. The number of nitrogens with one attached hydrogen (secondary N) is 1. The molecule has 0 aliphatic heterocycles. The largest absolute Gasteiger partial charge is 0.397 e. The summed E-state index contributed by atoms with van der Waals surface area (Å²) in [6.07, 6.45) is 0. The fraction of sp³-hybridized carbons (Fsp3) is 0.0769. The Bertz CT molecular complexity index is 666. The van der Waals surface area contributed by atoms with Crippen LogP contribution in [0.15, 0.2) is 53.4 Å². The molecule has 0 saturated heterocycles. The Hall–Kier alpha value is -2.01. The van der Waals surface area contributed by atoms with Gasteiger partial charge in [-0.1, -0.05) is 30.3 Å². The summed E-state index contributed by atoms with van der Waals surface area (Å²) >= 11 is 0. The van der Waals surface area contributed by atoms with E-state index in [2.05, 4.69) is 4.72 Å². The summed E-state index contributed by atoms with van der Waals surface area (Å²) in [4.78, 5) is 0.258. The second kappa shape index (κ2) is 4.70. The van der Waals surface area contributed by atoms with Gasteiger partial charge in [-0.3, -0.25) is 4.72 Å². The third-order valence-corrected chi connectivity index (χ3v) is 4.11. The van der Waals surface area contributed by atoms with Crippen molar-refractivity contribution in [1.82, 2.24) is 0 Å². The van der Waals surface area contributed by atoms with Crippen LogP contribution in [-0.2, 0) is 10.0 Å². The average Bonchev–Trinajstić information content (AvgIpc) is 2.32. The molecule has 0 saturated carbocycles. The molecule has 2 rings (SSSR count). The summed E-state index contributed by atoms with van der Waals surface area (Å²) in [5, 5.41) is 0. The summed E-state index contributed by atoms with van der Waals surface area (Å²) in [5.41, 5.74) is 7.20. The van der Waals surface area contributed by atoms with Gasteiger partial charge in [0.2, 0.25) is 0 Å². The van der Waals surface area contributed by atoms with Crippen LogP contribution < -0.4 is 10.5 Å². The Morgan fingerprint density at radius 3 is 2.28 bits per heavy atom. The number of rotatable bonds is 3. The number of aryl methyl sites for hydroxylation is 1. The van der Waals surface area contributed by atoms with Crippen LogP contribution in [0.2, 0.25) is 0 Å². The molecule has 2 aromatic carbocycles. The average molecular weight is 262 g/mol. The van der Waals surface area contributed by atoms with Crippen molar-refractivity contribution in [3.05, 3.63) is 54.1 Å². The number of sulfonamides is 1. The van der Waals surface area contributed by atoms with E-state index in [4.69, 9.17) is 5.73 Å². The lowest BCUT2D eigenvalue weighted by Crippen LogP contribution is -2.15. The molecule has 0 heterocycles. The van der Waals surface area contributed by atoms with Gasteiger partial charge in [-0.05, 0) is 30.7 Å². The summed E-state index contributed by atoms with van der Waals surface area (Å²) in [6, 6.07) is 13.6. The van der Waals surface area contributed by atoms with E-state index >= 15 is 0 Å². The lowest BCUT2D eigenvalue weighted by Gasteiger charge is -2.11. The van der Waals surface area contributed by atoms with Crippen molar-refractivity contribution in [3.63, 3.8) is 0 Å². The number of hydrogen-bond acceptors (Lipinski definition) is 3. The number of benzene rings is 2. The highest BCUT2D eigenvalue weighted by Gasteiger charge is 2.16. The number of anilines is 2. The number of nitrogen functional groups attached to an aromatic ring is 1. The third-order valence-electron chi connectivity index (χ3n) is 2.59. The fourth-order valence-electron chi connectivity index (χ4n) is 1.65. The molecule has 4 nitrogen and oxygen atoms in total. The van der Waals surface area contributed by atoms with Crippen molar-refractivity contribution < 1.29 is 8.42 Å². The van der Waals surface area contributed by atoms with Crippen molar-refractivity contribution in [3.8, 4) is 0 Å². The van der Waals surface area contributed by atoms with Crippen LogP contribution in [0.3, 0.4) is 0 Å².